The van der Waals surface area contributed by atoms with Gasteiger partial charge in [-0.2, -0.15) is 71.8 Å². The first-order valence-corrected chi connectivity index (χ1v) is 10.9. The Labute approximate surface area is 209 Å². The molecule has 2 heterocycles. The molecule has 0 unspecified atom stereocenters. The zero-order chi connectivity index (χ0) is 23.5. The summed E-state index contributed by atoms with van der Waals surface area (Å²) in [5.74, 6) is 1.97. The Hall–Kier alpha value is -2.45. The largest absolute Gasteiger partial charge is 2.00 e. The van der Waals surface area contributed by atoms with E-state index in [2.05, 4.69) is 44.2 Å². The molecule has 0 radical (unpaired) electrons. The molecule has 0 fully saturated rings. The Balaban J connectivity index is 0. The van der Waals surface area contributed by atoms with Gasteiger partial charge < -0.3 is 9.97 Å². The molecule has 0 amide bonds. The number of benzene rings is 2. The van der Waals surface area contributed by atoms with E-state index >= 15 is 0 Å². The average molecular weight is 602 g/mol. The van der Waals surface area contributed by atoms with Crippen LogP contribution >= 0.6 is 0 Å². The molecular weight excluding hydrogens is 564 g/mol. The number of imidazole rings is 2. The third-order valence-corrected chi connectivity index (χ3v) is 3.59. The van der Waals surface area contributed by atoms with E-state index in [1.807, 2.05) is 104 Å². The molecular formula is C27H38N4W. The molecule has 2 aromatic heterocycles. The summed E-state index contributed by atoms with van der Waals surface area (Å²) in [5.41, 5.74) is 4.67. The van der Waals surface area contributed by atoms with Gasteiger partial charge in [-0.25, -0.2) is 9.97 Å². The van der Waals surface area contributed by atoms with Gasteiger partial charge in [0.05, 0.1) is 0 Å². The van der Waals surface area contributed by atoms with Crippen molar-refractivity contribution in [3.05, 3.63) is 107 Å². The minimum atomic E-state index is 0. The molecule has 0 bridgehead atoms. The Bertz CT molecular complexity index is 791. The molecule has 2 N–H and O–H groups in total. The second-order valence-electron chi connectivity index (χ2n) is 6.26. The zero-order valence-electron chi connectivity index (χ0n) is 20.8. The van der Waals surface area contributed by atoms with Crippen molar-refractivity contribution in [2.75, 3.05) is 0 Å². The van der Waals surface area contributed by atoms with Gasteiger partial charge in [0.2, 0.25) is 0 Å². The van der Waals surface area contributed by atoms with E-state index in [1.54, 1.807) is 0 Å². The third-order valence-electron chi connectivity index (χ3n) is 3.59. The van der Waals surface area contributed by atoms with Crippen molar-refractivity contribution in [3.63, 3.8) is 0 Å². The second-order valence-corrected chi connectivity index (χ2v) is 6.26. The van der Waals surface area contributed by atoms with Crippen molar-refractivity contribution < 1.29 is 21.1 Å². The minimum Gasteiger partial charge on any atom is -0.346 e. The van der Waals surface area contributed by atoms with Crippen molar-refractivity contribution in [2.45, 2.75) is 61.8 Å². The molecule has 0 spiro atoms. The fraction of sp³-hybridized carbons (Fsp3) is 0.333. The molecule has 4 rings (SSSR count). The van der Waals surface area contributed by atoms with Crippen molar-refractivity contribution in [2.24, 2.45) is 0 Å². The molecule has 4 nitrogen and oxygen atoms in total. The Kier molecular flexibility index (Phi) is 20.3. The topological polar surface area (TPSA) is 57.4 Å². The van der Waals surface area contributed by atoms with Crippen molar-refractivity contribution >= 4 is 0 Å². The number of nitrogens with zero attached hydrogens (tertiary/aromatic N) is 2. The van der Waals surface area contributed by atoms with E-state index in [-0.39, 0.29) is 21.1 Å². The average Bonchev–Trinajstić information content (AvgIpc) is 3.38. The van der Waals surface area contributed by atoms with Gasteiger partial charge in [-0.1, -0.05) is 27.7 Å². The maximum Gasteiger partial charge on any atom is 2.00 e. The number of hydrogen-bond acceptors (Lipinski definition) is 2. The first kappa shape index (κ1) is 31.7. The Morgan fingerprint density at radius 1 is 0.656 bits per heavy atom. The summed E-state index contributed by atoms with van der Waals surface area (Å²) in [6, 6.07) is 22.5. The summed E-state index contributed by atoms with van der Waals surface area (Å²) in [7, 11) is 0. The molecule has 4 aromatic rings. The van der Waals surface area contributed by atoms with Crippen LogP contribution in [0.25, 0.3) is 0 Å². The fourth-order valence-corrected chi connectivity index (χ4v) is 2.37. The molecule has 0 saturated carbocycles. The third kappa shape index (κ3) is 15.4. The summed E-state index contributed by atoms with van der Waals surface area (Å²) < 4.78 is 0. The normalized spacial score (nSPS) is 8.50. The van der Waals surface area contributed by atoms with Gasteiger partial charge in [-0.15, -0.1) is 0 Å². The summed E-state index contributed by atoms with van der Waals surface area (Å²) in [6.07, 6.45) is 4.55. The zero-order valence-corrected chi connectivity index (χ0v) is 23.7. The van der Waals surface area contributed by atoms with Crippen molar-refractivity contribution in [3.8, 4) is 0 Å². The standard InChI is InChI=1S/C13H10.2C5H8N2.2C2H6.W/c1-3-7-12(8-4-1)11-13-9-5-2-6-10-13;2*1-4-3-6-5(2)7-4;2*1-2;/h1-7,9H,11H2;2*3H,1-2H3,(H,6,7);2*1-2H3;/q-2;;;;;+2. The van der Waals surface area contributed by atoms with Crippen LogP contribution in [0.15, 0.2) is 60.9 Å². The molecule has 0 atom stereocenters. The number of H-pyrrole nitrogens is 2. The number of aromatic amines is 2. The van der Waals surface area contributed by atoms with Gasteiger partial charge in [0.1, 0.15) is 11.6 Å². The number of aryl methyl sites for hydroxylation is 4. The Morgan fingerprint density at radius 2 is 1.03 bits per heavy atom. The van der Waals surface area contributed by atoms with Gasteiger partial charge in [-0.3, -0.25) is 0 Å². The summed E-state index contributed by atoms with van der Waals surface area (Å²) in [5, 5.41) is 0. The van der Waals surface area contributed by atoms with Gasteiger partial charge in [0.25, 0.3) is 0 Å². The fourth-order valence-electron chi connectivity index (χ4n) is 2.37. The summed E-state index contributed by atoms with van der Waals surface area (Å²) in [4.78, 5) is 14.0. The van der Waals surface area contributed by atoms with Crippen LogP contribution in [0.4, 0.5) is 0 Å². The van der Waals surface area contributed by atoms with E-state index in [0.29, 0.717) is 0 Å². The monoisotopic (exact) mass is 602 g/mol. The summed E-state index contributed by atoms with van der Waals surface area (Å²) in [6.45, 7) is 15.8. The van der Waals surface area contributed by atoms with Crippen LogP contribution in [-0.2, 0) is 27.5 Å². The predicted molar refractivity (Wildman–Crippen MR) is 132 cm³/mol. The summed E-state index contributed by atoms with van der Waals surface area (Å²) >= 11 is 0. The van der Waals surface area contributed by atoms with Crippen LogP contribution in [0.2, 0.25) is 0 Å². The molecule has 172 valence electrons. The van der Waals surface area contributed by atoms with E-state index < -0.39 is 0 Å². The van der Waals surface area contributed by atoms with E-state index in [9.17, 15) is 0 Å². The quantitative estimate of drug-likeness (QED) is 0.243. The molecule has 0 aliphatic heterocycles. The van der Waals surface area contributed by atoms with E-state index in [1.165, 1.54) is 11.1 Å². The molecule has 0 saturated heterocycles. The van der Waals surface area contributed by atoms with Crippen LogP contribution < -0.4 is 0 Å². The number of rotatable bonds is 2. The first-order chi connectivity index (χ1) is 15.0. The van der Waals surface area contributed by atoms with E-state index in [0.717, 1.165) is 29.5 Å². The maximum absolute atomic E-state index is 3.96. The van der Waals surface area contributed by atoms with Crippen LogP contribution in [-0.4, -0.2) is 19.9 Å². The SMILES string of the molecule is CC.CC.Cc1cnc(C)[nH]1.Cc1cnc(C)[nH]1.[W+2].[c-]1ccccc1Cc1[c-]cccc1. The molecule has 0 aliphatic rings. The predicted octanol–water partition coefficient (Wildman–Crippen LogP) is 6.98. The molecule has 2 aromatic carbocycles. The van der Waals surface area contributed by atoms with E-state index in [4.69, 9.17) is 0 Å². The minimum absolute atomic E-state index is 0. The Morgan fingerprint density at radius 3 is 1.22 bits per heavy atom. The van der Waals surface area contributed by atoms with Crippen LogP contribution in [0, 0.1) is 39.8 Å². The molecule has 32 heavy (non-hydrogen) atoms. The smallest absolute Gasteiger partial charge is 0.346 e. The maximum atomic E-state index is 3.96. The second kappa shape index (κ2) is 20.5. The molecule has 0 aliphatic carbocycles. The number of aromatic nitrogens is 4. The van der Waals surface area contributed by atoms with Crippen molar-refractivity contribution in [1.82, 2.24) is 19.9 Å². The van der Waals surface area contributed by atoms with Gasteiger partial charge >= 0.3 is 21.1 Å². The van der Waals surface area contributed by atoms with Crippen molar-refractivity contribution in [1.29, 1.82) is 0 Å². The van der Waals surface area contributed by atoms with Gasteiger partial charge in [-0.05, 0) is 34.1 Å². The first-order valence-electron chi connectivity index (χ1n) is 10.9. The number of nitrogens with one attached hydrogen (secondary N) is 2. The molecule has 5 heteroatoms. The van der Waals surface area contributed by atoms with Gasteiger partial charge in [0.15, 0.2) is 0 Å². The van der Waals surface area contributed by atoms with Crippen LogP contribution in [0.1, 0.15) is 61.9 Å². The van der Waals surface area contributed by atoms with Crippen LogP contribution in [0.5, 0.6) is 0 Å². The van der Waals surface area contributed by atoms with Gasteiger partial charge in [0, 0.05) is 23.8 Å². The van der Waals surface area contributed by atoms with Crippen LogP contribution in [0.3, 0.4) is 0 Å². The number of hydrogen-bond donors (Lipinski definition) is 2.